The highest BCUT2D eigenvalue weighted by Gasteiger charge is 2.22. The van der Waals surface area contributed by atoms with Gasteiger partial charge in [-0.1, -0.05) is 0 Å². The molecular formula is C16H21N5O5S. The van der Waals surface area contributed by atoms with Gasteiger partial charge in [-0.15, -0.1) is 0 Å². The standard InChI is InChI=1S/C16H21N5O5S/c1-11(22)20-6-8-21(9-7-20)15(23)4-5-17-27(25,26)12-2-3-13-14(10-12)19-16(24)18-13/h2-3,10,17H,4-9H2,1H3,(H2,18,19,24). The predicted octanol–water partition coefficient (Wildman–Crippen LogP) is -0.785. The van der Waals surface area contributed by atoms with Gasteiger partial charge in [0, 0.05) is 46.1 Å². The summed E-state index contributed by atoms with van der Waals surface area (Å²) in [5, 5.41) is 0. The first-order valence-corrected chi connectivity index (χ1v) is 9.99. The third kappa shape index (κ3) is 4.37. The minimum Gasteiger partial charge on any atom is -0.339 e. The summed E-state index contributed by atoms with van der Waals surface area (Å²) in [6.07, 6.45) is 0.0303. The number of fused-ring (bicyclic) bond motifs is 1. The fourth-order valence-electron chi connectivity index (χ4n) is 2.98. The summed E-state index contributed by atoms with van der Waals surface area (Å²) in [7, 11) is -3.80. The molecule has 3 N–H and O–H groups in total. The molecule has 3 rings (SSSR count). The van der Waals surface area contributed by atoms with Crippen molar-refractivity contribution in [3.05, 3.63) is 28.7 Å². The first kappa shape index (κ1) is 19.1. The number of amides is 2. The van der Waals surface area contributed by atoms with Crippen molar-refractivity contribution in [3.63, 3.8) is 0 Å². The molecule has 146 valence electrons. The Morgan fingerprint density at radius 1 is 1.07 bits per heavy atom. The number of H-pyrrole nitrogens is 2. The van der Waals surface area contributed by atoms with E-state index in [0.29, 0.717) is 37.2 Å². The van der Waals surface area contributed by atoms with Crippen molar-refractivity contribution in [2.75, 3.05) is 32.7 Å². The number of nitrogens with one attached hydrogen (secondary N) is 3. The number of hydrogen-bond acceptors (Lipinski definition) is 5. The number of hydrogen-bond donors (Lipinski definition) is 3. The second-order valence-corrected chi connectivity index (χ2v) is 8.09. The van der Waals surface area contributed by atoms with Gasteiger partial charge in [0.05, 0.1) is 15.9 Å². The van der Waals surface area contributed by atoms with E-state index in [-0.39, 0.29) is 29.7 Å². The van der Waals surface area contributed by atoms with Crippen LogP contribution in [0.3, 0.4) is 0 Å². The molecule has 27 heavy (non-hydrogen) atoms. The molecule has 0 unspecified atom stereocenters. The number of piperazine rings is 1. The molecule has 1 aliphatic rings. The number of sulfonamides is 1. The largest absolute Gasteiger partial charge is 0.339 e. The summed E-state index contributed by atoms with van der Waals surface area (Å²) in [5.41, 5.74) is 0.490. The fraction of sp³-hybridized carbons (Fsp3) is 0.438. The van der Waals surface area contributed by atoms with Gasteiger partial charge in [-0.25, -0.2) is 17.9 Å². The van der Waals surface area contributed by atoms with E-state index in [2.05, 4.69) is 14.7 Å². The molecule has 11 heteroatoms. The topological polar surface area (TPSA) is 135 Å². The molecule has 2 amide bonds. The first-order chi connectivity index (χ1) is 12.8. The van der Waals surface area contributed by atoms with Crippen LogP contribution in [0, 0.1) is 0 Å². The number of nitrogens with zero attached hydrogens (tertiary/aromatic N) is 2. The summed E-state index contributed by atoms with van der Waals surface area (Å²) < 4.78 is 27.2. The molecule has 0 spiro atoms. The second-order valence-electron chi connectivity index (χ2n) is 6.32. The van der Waals surface area contributed by atoms with Crippen LogP contribution in [-0.2, 0) is 19.6 Å². The van der Waals surface area contributed by atoms with E-state index >= 15 is 0 Å². The average molecular weight is 395 g/mol. The smallest absolute Gasteiger partial charge is 0.323 e. The van der Waals surface area contributed by atoms with E-state index in [1.54, 1.807) is 9.80 Å². The van der Waals surface area contributed by atoms with Crippen molar-refractivity contribution in [2.45, 2.75) is 18.2 Å². The molecule has 0 bridgehead atoms. The van der Waals surface area contributed by atoms with Crippen LogP contribution in [0.15, 0.2) is 27.9 Å². The molecule has 1 aromatic carbocycles. The number of rotatable bonds is 5. The molecule has 0 radical (unpaired) electrons. The van der Waals surface area contributed by atoms with Gasteiger partial charge < -0.3 is 19.8 Å². The fourth-order valence-corrected chi connectivity index (χ4v) is 4.04. The number of imidazole rings is 1. The number of carbonyl (C=O) groups is 2. The van der Waals surface area contributed by atoms with Crippen LogP contribution in [0.5, 0.6) is 0 Å². The lowest BCUT2D eigenvalue weighted by atomic mass is 10.3. The lowest BCUT2D eigenvalue weighted by molar-refractivity contribution is -0.138. The van der Waals surface area contributed by atoms with Gasteiger partial charge >= 0.3 is 5.69 Å². The Bertz CT molecular complexity index is 1020. The minimum absolute atomic E-state index is 0.00720. The Morgan fingerprint density at radius 3 is 2.37 bits per heavy atom. The number of aromatic nitrogens is 2. The van der Waals surface area contributed by atoms with Crippen LogP contribution in [-0.4, -0.2) is 72.7 Å². The summed E-state index contributed by atoms with van der Waals surface area (Å²) in [6, 6.07) is 4.25. The van der Waals surface area contributed by atoms with Gasteiger partial charge in [0.15, 0.2) is 0 Å². The maximum atomic E-state index is 12.4. The van der Waals surface area contributed by atoms with Crippen LogP contribution in [0.2, 0.25) is 0 Å². The molecule has 0 aliphatic carbocycles. The van der Waals surface area contributed by atoms with Crippen molar-refractivity contribution in [1.29, 1.82) is 0 Å². The van der Waals surface area contributed by atoms with E-state index in [0.717, 1.165) is 0 Å². The highest BCUT2D eigenvalue weighted by Crippen LogP contribution is 2.15. The molecular weight excluding hydrogens is 374 g/mol. The summed E-state index contributed by atoms with van der Waals surface area (Å²) >= 11 is 0. The molecule has 2 aromatic rings. The Balaban J connectivity index is 1.55. The van der Waals surface area contributed by atoms with Gasteiger partial charge in [0.25, 0.3) is 0 Å². The van der Waals surface area contributed by atoms with Crippen molar-refractivity contribution in [2.24, 2.45) is 0 Å². The van der Waals surface area contributed by atoms with Crippen LogP contribution in [0.4, 0.5) is 0 Å². The molecule has 10 nitrogen and oxygen atoms in total. The molecule has 2 heterocycles. The number of benzene rings is 1. The quantitative estimate of drug-likeness (QED) is 0.610. The van der Waals surface area contributed by atoms with E-state index in [1.165, 1.54) is 25.1 Å². The molecule has 1 fully saturated rings. The van der Waals surface area contributed by atoms with Crippen molar-refractivity contribution >= 4 is 32.9 Å². The molecule has 1 aromatic heterocycles. The lowest BCUT2D eigenvalue weighted by Gasteiger charge is -2.34. The van der Waals surface area contributed by atoms with Crippen molar-refractivity contribution < 1.29 is 18.0 Å². The zero-order chi connectivity index (χ0) is 19.6. The minimum atomic E-state index is -3.80. The summed E-state index contributed by atoms with van der Waals surface area (Å²) in [5.74, 6) is -0.179. The summed E-state index contributed by atoms with van der Waals surface area (Å²) in [6.45, 7) is 3.33. The Hall–Kier alpha value is -2.66. The van der Waals surface area contributed by atoms with Crippen molar-refractivity contribution in [3.8, 4) is 0 Å². The number of carbonyl (C=O) groups excluding carboxylic acids is 2. The zero-order valence-corrected chi connectivity index (χ0v) is 15.6. The van der Waals surface area contributed by atoms with Gasteiger partial charge in [-0.05, 0) is 18.2 Å². The highest BCUT2D eigenvalue weighted by atomic mass is 32.2. The summed E-state index contributed by atoms with van der Waals surface area (Å²) in [4.78, 5) is 43.1. The van der Waals surface area contributed by atoms with Crippen LogP contribution in [0.1, 0.15) is 13.3 Å². The van der Waals surface area contributed by atoms with Gasteiger partial charge in [-0.3, -0.25) is 9.59 Å². The average Bonchev–Trinajstić information content (AvgIpc) is 3.00. The molecule has 0 atom stereocenters. The first-order valence-electron chi connectivity index (χ1n) is 8.51. The second kappa shape index (κ2) is 7.53. The molecule has 0 saturated carbocycles. The van der Waals surface area contributed by atoms with E-state index in [1.807, 2.05) is 0 Å². The lowest BCUT2D eigenvalue weighted by Crippen LogP contribution is -2.50. The van der Waals surface area contributed by atoms with Crippen LogP contribution < -0.4 is 10.4 Å². The van der Waals surface area contributed by atoms with Gasteiger partial charge in [0.2, 0.25) is 21.8 Å². The normalized spacial score (nSPS) is 15.3. The van der Waals surface area contributed by atoms with Crippen molar-refractivity contribution in [1.82, 2.24) is 24.5 Å². The third-order valence-electron chi connectivity index (χ3n) is 4.51. The van der Waals surface area contributed by atoms with Crippen LogP contribution in [0.25, 0.3) is 11.0 Å². The Labute approximate surface area is 155 Å². The molecule has 1 aliphatic heterocycles. The van der Waals surface area contributed by atoms with E-state index in [9.17, 15) is 22.8 Å². The van der Waals surface area contributed by atoms with Crippen LogP contribution >= 0.6 is 0 Å². The maximum Gasteiger partial charge on any atom is 0.323 e. The van der Waals surface area contributed by atoms with E-state index in [4.69, 9.17) is 0 Å². The molecule has 1 saturated heterocycles. The SMILES string of the molecule is CC(=O)N1CCN(C(=O)CCNS(=O)(=O)c2ccc3[nH]c(=O)[nH]c3c2)CC1. The Kier molecular flexibility index (Phi) is 5.33. The highest BCUT2D eigenvalue weighted by molar-refractivity contribution is 7.89. The third-order valence-corrected chi connectivity index (χ3v) is 5.97. The van der Waals surface area contributed by atoms with Gasteiger partial charge in [0.1, 0.15) is 0 Å². The predicted molar refractivity (Wildman–Crippen MR) is 97.6 cm³/mol. The van der Waals surface area contributed by atoms with Gasteiger partial charge in [-0.2, -0.15) is 0 Å². The maximum absolute atomic E-state index is 12.4. The zero-order valence-electron chi connectivity index (χ0n) is 14.8. The Morgan fingerprint density at radius 2 is 1.70 bits per heavy atom. The number of aromatic amines is 2. The monoisotopic (exact) mass is 395 g/mol. The van der Waals surface area contributed by atoms with E-state index < -0.39 is 15.7 Å².